The van der Waals surface area contributed by atoms with Gasteiger partial charge in [-0.3, -0.25) is 0 Å². The van der Waals surface area contributed by atoms with Crippen LogP contribution in [-0.4, -0.2) is 31.6 Å². The number of aromatic nitrogens is 1. The van der Waals surface area contributed by atoms with Crippen molar-refractivity contribution in [2.24, 2.45) is 0 Å². The topological polar surface area (TPSA) is 47.7 Å². The van der Waals surface area contributed by atoms with Crippen molar-refractivity contribution < 1.29 is 18.4 Å². The number of ether oxygens (including phenoxy) is 2. The van der Waals surface area contributed by atoms with E-state index < -0.39 is 0 Å². The van der Waals surface area contributed by atoms with Crippen LogP contribution in [-0.2, 0) is 4.74 Å². The molecule has 2 heterocycles. The minimum absolute atomic E-state index is 0.267. The molecule has 0 amide bonds. The van der Waals surface area contributed by atoms with Gasteiger partial charge >= 0.3 is 0 Å². The molecule has 2 aromatic carbocycles. The highest BCUT2D eigenvalue weighted by molar-refractivity contribution is 5.80. The van der Waals surface area contributed by atoms with E-state index in [4.69, 9.17) is 14.0 Å². The number of piperidine rings is 1. The van der Waals surface area contributed by atoms with Gasteiger partial charge in [-0.25, -0.2) is 4.39 Å². The Labute approximate surface area is 164 Å². The number of hydrogen-bond donors (Lipinski definition) is 0. The van der Waals surface area contributed by atoms with E-state index in [0.29, 0.717) is 18.1 Å². The first-order valence-corrected chi connectivity index (χ1v) is 9.85. The maximum Gasteiger partial charge on any atom is 0.189 e. The third kappa shape index (κ3) is 3.97. The van der Waals surface area contributed by atoms with Crippen LogP contribution in [0, 0.1) is 5.82 Å². The summed E-state index contributed by atoms with van der Waals surface area (Å²) in [6.45, 7) is 4.84. The van der Waals surface area contributed by atoms with Crippen molar-refractivity contribution in [2.45, 2.75) is 32.1 Å². The summed E-state index contributed by atoms with van der Waals surface area (Å²) >= 11 is 0. The van der Waals surface area contributed by atoms with Crippen LogP contribution in [0.4, 0.5) is 10.1 Å². The van der Waals surface area contributed by atoms with Gasteiger partial charge < -0.3 is 18.9 Å². The van der Waals surface area contributed by atoms with Crippen LogP contribution < -0.4 is 9.64 Å². The average Bonchev–Trinajstić information content (AvgIpc) is 3.15. The molecule has 0 unspecified atom stereocenters. The van der Waals surface area contributed by atoms with E-state index in [0.717, 1.165) is 54.9 Å². The van der Waals surface area contributed by atoms with Gasteiger partial charge in [0, 0.05) is 30.5 Å². The molecule has 0 aliphatic carbocycles. The number of anilines is 1. The third-order valence-corrected chi connectivity index (χ3v) is 5.20. The Balaban J connectivity index is 1.43. The molecule has 1 saturated heterocycles. The van der Waals surface area contributed by atoms with Gasteiger partial charge in [-0.15, -0.1) is 0 Å². The number of nitrogens with zero attached hydrogens (tertiary/aromatic N) is 2. The normalized spacial score (nSPS) is 15.3. The predicted octanol–water partition coefficient (Wildman–Crippen LogP) is 5.11. The molecule has 0 saturated carbocycles. The molecule has 4 rings (SSSR count). The van der Waals surface area contributed by atoms with Gasteiger partial charge in [-0.2, -0.15) is 0 Å². The Bertz CT molecular complexity index is 919. The third-order valence-electron chi connectivity index (χ3n) is 5.20. The molecule has 1 aliphatic heterocycles. The molecular weight excluding hydrogens is 359 g/mol. The van der Waals surface area contributed by atoms with Crippen molar-refractivity contribution in [1.82, 2.24) is 5.16 Å². The standard InChI is InChI=1S/C22H25FN2O3/c1-2-13-26-15-27-20-6-4-3-5-19(20)25-11-9-16(10-12-25)22-18-8-7-17(23)14-21(18)28-24-22/h3-8,14,16H,2,9-13,15H2,1H3. The summed E-state index contributed by atoms with van der Waals surface area (Å²) in [5, 5.41) is 5.15. The molecule has 5 nitrogen and oxygen atoms in total. The smallest absolute Gasteiger partial charge is 0.189 e. The Hall–Kier alpha value is -2.60. The minimum Gasteiger partial charge on any atom is -0.465 e. The highest BCUT2D eigenvalue weighted by Crippen LogP contribution is 2.36. The molecule has 0 radical (unpaired) electrons. The maximum absolute atomic E-state index is 13.4. The van der Waals surface area contributed by atoms with E-state index in [1.54, 1.807) is 6.07 Å². The van der Waals surface area contributed by atoms with Gasteiger partial charge in [-0.05, 0) is 43.5 Å². The lowest BCUT2D eigenvalue weighted by Crippen LogP contribution is -2.33. The quantitative estimate of drug-likeness (QED) is 0.418. The lowest BCUT2D eigenvalue weighted by molar-refractivity contribution is 0.0159. The molecule has 28 heavy (non-hydrogen) atoms. The van der Waals surface area contributed by atoms with Crippen LogP contribution in [0.1, 0.15) is 37.8 Å². The van der Waals surface area contributed by atoms with Crippen molar-refractivity contribution in [3.63, 3.8) is 0 Å². The van der Waals surface area contributed by atoms with Crippen molar-refractivity contribution in [3.8, 4) is 5.75 Å². The molecule has 0 N–H and O–H groups in total. The second-order valence-corrected chi connectivity index (χ2v) is 7.11. The Morgan fingerprint density at radius 1 is 1.18 bits per heavy atom. The molecule has 1 fully saturated rings. The number of rotatable bonds is 7. The molecule has 0 bridgehead atoms. The van der Waals surface area contributed by atoms with Gasteiger partial charge in [0.25, 0.3) is 0 Å². The number of benzene rings is 2. The van der Waals surface area contributed by atoms with Gasteiger partial charge in [0.05, 0.1) is 18.0 Å². The first kappa shape index (κ1) is 18.7. The second kappa shape index (κ2) is 8.61. The van der Waals surface area contributed by atoms with Gasteiger partial charge in [0.2, 0.25) is 0 Å². The fourth-order valence-electron chi connectivity index (χ4n) is 3.77. The van der Waals surface area contributed by atoms with E-state index in [9.17, 15) is 4.39 Å². The van der Waals surface area contributed by atoms with E-state index in [1.165, 1.54) is 12.1 Å². The van der Waals surface area contributed by atoms with Crippen LogP contribution in [0.15, 0.2) is 47.0 Å². The number of fused-ring (bicyclic) bond motifs is 1. The first-order chi connectivity index (χ1) is 13.8. The summed E-state index contributed by atoms with van der Waals surface area (Å²) in [6.07, 6.45) is 2.89. The minimum atomic E-state index is -0.301. The van der Waals surface area contributed by atoms with Crippen molar-refractivity contribution in [3.05, 3.63) is 54.0 Å². The van der Waals surface area contributed by atoms with Crippen LogP contribution in [0.25, 0.3) is 11.0 Å². The van der Waals surface area contributed by atoms with Crippen LogP contribution in [0.2, 0.25) is 0 Å². The SMILES string of the molecule is CCCOCOc1ccccc1N1CCC(c2noc3cc(F)ccc23)CC1. The molecule has 148 valence electrons. The zero-order valence-electron chi connectivity index (χ0n) is 16.1. The van der Waals surface area contributed by atoms with Crippen molar-refractivity contribution in [1.29, 1.82) is 0 Å². The summed E-state index contributed by atoms with van der Waals surface area (Å²) in [5.41, 5.74) is 2.54. The number of hydrogen-bond acceptors (Lipinski definition) is 5. The summed E-state index contributed by atoms with van der Waals surface area (Å²) in [4.78, 5) is 2.34. The molecule has 6 heteroatoms. The fourth-order valence-corrected chi connectivity index (χ4v) is 3.77. The lowest BCUT2D eigenvalue weighted by Gasteiger charge is -2.33. The highest BCUT2D eigenvalue weighted by Gasteiger charge is 2.26. The molecular formula is C22H25FN2O3. The average molecular weight is 384 g/mol. The summed E-state index contributed by atoms with van der Waals surface area (Å²) < 4.78 is 30.0. The van der Waals surface area contributed by atoms with E-state index >= 15 is 0 Å². The summed E-state index contributed by atoms with van der Waals surface area (Å²) in [7, 11) is 0. The predicted molar refractivity (Wildman–Crippen MR) is 106 cm³/mol. The summed E-state index contributed by atoms with van der Waals surface area (Å²) in [5.74, 6) is 0.855. The Kier molecular flexibility index (Phi) is 5.76. The molecule has 1 aliphatic rings. The van der Waals surface area contributed by atoms with Gasteiger partial charge in [-0.1, -0.05) is 24.2 Å². The van der Waals surface area contributed by atoms with Crippen molar-refractivity contribution >= 4 is 16.7 Å². The molecule has 3 aromatic rings. The Morgan fingerprint density at radius 3 is 2.82 bits per heavy atom. The van der Waals surface area contributed by atoms with Crippen LogP contribution >= 0.6 is 0 Å². The maximum atomic E-state index is 13.4. The zero-order chi connectivity index (χ0) is 19.3. The van der Waals surface area contributed by atoms with E-state index in [2.05, 4.69) is 23.0 Å². The van der Waals surface area contributed by atoms with Gasteiger partial charge in [0.1, 0.15) is 11.6 Å². The summed E-state index contributed by atoms with van der Waals surface area (Å²) in [6, 6.07) is 12.7. The zero-order valence-corrected chi connectivity index (χ0v) is 16.1. The molecule has 0 atom stereocenters. The second-order valence-electron chi connectivity index (χ2n) is 7.11. The largest absolute Gasteiger partial charge is 0.465 e. The Morgan fingerprint density at radius 2 is 2.00 bits per heavy atom. The van der Waals surface area contributed by atoms with Gasteiger partial charge in [0.15, 0.2) is 12.4 Å². The fraction of sp³-hybridized carbons (Fsp3) is 0.409. The first-order valence-electron chi connectivity index (χ1n) is 9.85. The van der Waals surface area contributed by atoms with E-state index in [-0.39, 0.29) is 12.6 Å². The van der Waals surface area contributed by atoms with Crippen LogP contribution in [0.5, 0.6) is 5.75 Å². The van der Waals surface area contributed by atoms with Crippen LogP contribution in [0.3, 0.4) is 0 Å². The highest BCUT2D eigenvalue weighted by atomic mass is 19.1. The molecule has 1 aromatic heterocycles. The number of para-hydroxylation sites is 2. The number of halogens is 1. The molecule has 0 spiro atoms. The lowest BCUT2D eigenvalue weighted by atomic mass is 9.91. The van der Waals surface area contributed by atoms with Crippen molar-refractivity contribution in [2.75, 3.05) is 31.4 Å². The monoisotopic (exact) mass is 384 g/mol. The van der Waals surface area contributed by atoms with E-state index in [1.807, 2.05) is 18.2 Å².